The average molecular weight is 412 g/mol. The van der Waals surface area contributed by atoms with Crippen molar-refractivity contribution in [2.24, 2.45) is 0 Å². The minimum absolute atomic E-state index is 0.660. The number of fused-ring (bicyclic) bond motifs is 7. The molecule has 7 aromatic rings. The van der Waals surface area contributed by atoms with Crippen molar-refractivity contribution in [2.75, 3.05) is 0 Å². The first-order valence-electron chi connectivity index (χ1n) is 10.4. The lowest BCUT2D eigenvalue weighted by molar-refractivity contribution is 0.985. The Morgan fingerprint density at radius 2 is 0.812 bits per heavy atom. The molecule has 0 amide bonds. The van der Waals surface area contributed by atoms with E-state index >= 15 is 0 Å². The van der Waals surface area contributed by atoms with Crippen LogP contribution >= 0.6 is 0 Å². The van der Waals surface area contributed by atoms with Gasteiger partial charge < -0.3 is 0 Å². The Bertz CT molecular complexity index is 1630. The predicted octanol–water partition coefficient (Wildman–Crippen LogP) is 5.46. The Kier molecular flexibility index (Phi) is 3.46. The summed E-state index contributed by atoms with van der Waals surface area (Å²) in [6, 6.07) is 24.8. The lowest BCUT2D eigenvalue weighted by Crippen LogP contribution is -2.00. The zero-order valence-electron chi connectivity index (χ0n) is 16.9. The van der Waals surface area contributed by atoms with E-state index in [1.807, 2.05) is 12.1 Å². The number of rotatable bonds is 2. The highest BCUT2D eigenvalue weighted by molar-refractivity contribution is 6.28. The van der Waals surface area contributed by atoms with E-state index < -0.39 is 0 Å². The molecule has 3 aromatic carbocycles. The summed E-state index contributed by atoms with van der Waals surface area (Å²) < 4.78 is 4.27. The van der Waals surface area contributed by atoms with Crippen LogP contribution in [0.1, 0.15) is 0 Å². The quantitative estimate of drug-likeness (QED) is 0.378. The molecule has 0 saturated heterocycles. The zero-order valence-corrected chi connectivity index (χ0v) is 16.9. The van der Waals surface area contributed by atoms with Gasteiger partial charge in [-0.05, 0) is 36.4 Å². The molecule has 32 heavy (non-hydrogen) atoms. The maximum atomic E-state index is 4.54. The molecule has 0 unspecified atom stereocenters. The second-order valence-electron chi connectivity index (χ2n) is 7.66. The summed E-state index contributed by atoms with van der Waals surface area (Å²) in [5.74, 6) is 1.32. The molecule has 0 radical (unpaired) electrons. The summed E-state index contributed by atoms with van der Waals surface area (Å²) in [7, 11) is 0. The van der Waals surface area contributed by atoms with Crippen LogP contribution < -0.4 is 0 Å². The molecule has 4 heterocycles. The number of hydrogen-bond acceptors (Lipinski definition) is 4. The number of para-hydroxylation sites is 2. The van der Waals surface area contributed by atoms with Gasteiger partial charge in [-0.15, -0.1) is 0 Å². The van der Waals surface area contributed by atoms with Gasteiger partial charge in [0.15, 0.2) is 0 Å². The fraction of sp³-hybridized carbons (Fsp3) is 0. The Balaban J connectivity index is 1.74. The third kappa shape index (κ3) is 2.23. The van der Waals surface area contributed by atoms with Gasteiger partial charge in [0.1, 0.15) is 0 Å². The van der Waals surface area contributed by atoms with Crippen molar-refractivity contribution in [3.8, 4) is 11.9 Å². The Labute approximate surface area is 182 Å². The Morgan fingerprint density at radius 1 is 0.406 bits per heavy atom. The average Bonchev–Trinajstić information content (AvgIpc) is 3.38. The van der Waals surface area contributed by atoms with E-state index in [1.54, 1.807) is 24.8 Å². The molecule has 4 aromatic heterocycles. The molecule has 0 fully saturated rings. The third-order valence-electron chi connectivity index (χ3n) is 5.98. The van der Waals surface area contributed by atoms with Gasteiger partial charge in [0.25, 0.3) is 0 Å². The maximum absolute atomic E-state index is 4.54. The summed E-state index contributed by atoms with van der Waals surface area (Å²) in [4.78, 5) is 18.2. The van der Waals surface area contributed by atoms with Gasteiger partial charge >= 0.3 is 0 Å². The third-order valence-corrected chi connectivity index (χ3v) is 5.98. The molecule has 6 heteroatoms. The lowest BCUT2D eigenvalue weighted by atomic mass is 10.1. The van der Waals surface area contributed by atoms with Gasteiger partial charge in [-0.2, -0.15) is 0 Å². The smallest absolute Gasteiger partial charge is 0.234 e. The van der Waals surface area contributed by atoms with Crippen molar-refractivity contribution >= 4 is 43.6 Å². The fourth-order valence-electron chi connectivity index (χ4n) is 4.76. The van der Waals surface area contributed by atoms with E-state index in [0.717, 1.165) is 32.8 Å². The van der Waals surface area contributed by atoms with Crippen molar-refractivity contribution in [3.05, 3.63) is 97.6 Å². The topological polar surface area (TPSA) is 61.4 Å². The van der Waals surface area contributed by atoms with Crippen molar-refractivity contribution in [3.63, 3.8) is 0 Å². The minimum Gasteiger partial charge on any atom is -0.278 e. The summed E-state index contributed by atoms with van der Waals surface area (Å²) in [5.41, 5.74) is 4.30. The summed E-state index contributed by atoms with van der Waals surface area (Å²) >= 11 is 0. The molecule has 0 atom stereocenters. The first-order valence-corrected chi connectivity index (χ1v) is 10.4. The number of aromatic nitrogens is 6. The van der Waals surface area contributed by atoms with E-state index in [-0.39, 0.29) is 0 Å². The standard InChI is InChI=1S/C26H16N6/c1-3-9-19-17(7-1)23-21(31(19)25-27-13-5-14-28-25)11-12-22-24(23)18-8-2-4-10-20(18)32(22)26-29-15-6-16-30-26/h1-16H. The predicted molar refractivity (Wildman–Crippen MR) is 126 cm³/mol. The van der Waals surface area contributed by atoms with Gasteiger partial charge in [-0.25, -0.2) is 19.9 Å². The van der Waals surface area contributed by atoms with Crippen LogP contribution in [-0.2, 0) is 0 Å². The highest BCUT2D eigenvalue weighted by atomic mass is 15.2. The van der Waals surface area contributed by atoms with Crippen LogP contribution in [0.2, 0.25) is 0 Å². The molecular formula is C26H16N6. The van der Waals surface area contributed by atoms with Crippen LogP contribution in [0.4, 0.5) is 0 Å². The molecule has 7 rings (SSSR count). The van der Waals surface area contributed by atoms with Crippen LogP contribution in [-0.4, -0.2) is 29.1 Å². The molecule has 0 aliphatic heterocycles. The molecule has 0 N–H and O–H groups in total. The van der Waals surface area contributed by atoms with E-state index in [4.69, 9.17) is 0 Å². The number of hydrogen-bond donors (Lipinski definition) is 0. The first kappa shape index (κ1) is 17.1. The van der Waals surface area contributed by atoms with Crippen LogP contribution in [0.15, 0.2) is 97.6 Å². The lowest BCUT2D eigenvalue weighted by Gasteiger charge is -2.06. The Hall–Kier alpha value is -4.58. The molecule has 0 bridgehead atoms. The molecule has 0 aliphatic carbocycles. The highest BCUT2D eigenvalue weighted by Crippen LogP contribution is 2.41. The molecule has 6 nitrogen and oxygen atoms in total. The van der Waals surface area contributed by atoms with Crippen LogP contribution in [0.5, 0.6) is 0 Å². The van der Waals surface area contributed by atoms with Gasteiger partial charge in [0, 0.05) is 46.3 Å². The minimum atomic E-state index is 0.660. The highest BCUT2D eigenvalue weighted by Gasteiger charge is 2.21. The van der Waals surface area contributed by atoms with E-state index in [0.29, 0.717) is 11.9 Å². The molecule has 0 aliphatic rings. The van der Waals surface area contributed by atoms with Crippen molar-refractivity contribution in [1.29, 1.82) is 0 Å². The summed E-state index contributed by atoms with van der Waals surface area (Å²) in [6.07, 6.45) is 7.11. The van der Waals surface area contributed by atoms with E-state index in [9.17, 15) is 0 Å². The van der Waals surface area contributed by atoms with Gasteiger partial charge in [0.05, 0.1) is 22.1 Å². The van der Waals surface area contributed by atoms with Gasteiger partial charge in [-0.1, -0.05) is 36.4 Å². The number of benzene rings is 3. The SMILES string of the molecule is c1cnc(-n2c3ccccc3c3c4c5ccccc5n(-c5ncccn5)c4ccc32)nc1. The summed E-state index contributed by atoms with van der Waals surface area (Å²) in [5, 5.41) is 4.68. The fourth-order valence-corrected chi connectivity index (χ4v) is 4.76. The molecule has 150 valence electrons. The van der Waals surface area contributed by atoms with Crippen LogP contribution in [0.3, 0.4) is 0 Å². The van der Waals surface area contributed by atoms with E-state index in [1.165, 1.54) is 10.8 Å². The van der Waals surface area contributed by atoms with Crippen LogP contribution in [0, 0.1) is 0 Å². The molecular weight excluding hydrogens is 396 g/mol. The monoisotopic (exact) mass is 412 g/mol. The summed E-state index contributed by atoms with van der Waals surface area (Å²) in [6.45, 7) is 0. The first-order chi connectivity index (χ1) is 15.9. The molecule has 0 spiro atoms. The molecule has 0 saturated carbocycles. The number of nitrogens with zero attached hydrogens (tertiary/aromatic N) is 6. The second kappa shape index (κ2) is 6.46. The zero-order chi connectivity index (χ0) is 21.1. The second-order valence-corrected chi connectivity index (χ2v) is 7.66. The van der Waals surface area contributed by atoms with Crippen molar-refractivity contribution < 1.29 is 0 Å². The van der Waals surface area contributed by atoms with Crippen molar-refractivity contribution in [1.82, 2.24) is 29.1 Å². The van der Waals surface area contributed by atoms with Crippen molar-refractivity contribution in [2.45, 2.75) is 0 Å². The maximum Gasteiger partial charge on any atom is 0.234 e. The van der Waals surface area contributed by atoms with Crippen LogP contribution in [0.25, 0.3) is 55.5 Å². The Morgan fingerprint density at radius 3 is 1.25 bits per heavy atom. The van der Waals surface area contributed by atoms with Gasteiger partial charge in [-0.3, -0.25) is 9.13 Å². The van der Waals surface area contributed by atoms with E-state index in [2.05, 4.69) is 89.7 Å². The largest absolute Gasteiger partial charge is 0.278 e. The normalized spacial score (nSPS) is 11.8. The van der Waals surface area contributed by atoms with Gasteiger partial charge in [0.2, 0.25) is 11.9 Å².